The van der Waals surface area contributed by atoms with E-state index in [0.29, 0.717) is 17.8 Å². The van der Waals surface area contributed by atoms with E-state index in [0.717, 1.165) is 31.7 Å². The Kier molecular flexibility index (Phi) is 7.38. The molecule has 8 nitrogen and oxygen atoms in total. The molecule has 1 unspecified atom stereocenters. The molecule has 0 bridgehead atoms. The molecule has 2 aromatic carbocycles. The largest absolute Gasteiger partial charge is 0.366 e. The summed E-state index contributed by atoms with van der Waals surface area (Å²) in [5.74, 6) is -2.01. The molecule has 0 saturated carbocycles. The highest BCUT2D eigenvalue weighted by Gasteiger charge is 2.25. The number of benzene rings is 2. The van der Waals surface area contributed by atoms with Crippen molar-refractivity contribution in [1.82, 2.24) is 15.1 Å². The molecule has 1 aliphatic heterocycles. The summed E-state index contributed by atoms with van der Waals surface area (Å²) in [7, 11) is 2.10. The maximum atomic E-state index is 12.4. The molecule has 0 spiro atoms. The smallest absolute Gasteiger partial charge is 0.313 e. The molecule has 1 aliphatic rings. The van der Waals surface area contributed by atoms with Crippen molar-refractivity contribution < 1.29 is 14.4 Å². The number of nitrogens with one attached hydrogen (secondary N) is 2. The van der Waals surface area contributed by atoms with Gasteiger partial charge in [-0.2, -0.15) is 0 Å². The molecule has 0 radical (unpaired) electrons. The van der Waals surface area contributed by atoms with E-state index in [9.17, 15) is 14.4 Å². The van der Waals surface area contributed by atoms with Crippen molar-refractivity contribution in [2.45, 2.75) is 13.0 Å². The van der Waals surface area contributed by atoms with Gasteiger partial charge in [0.15, 0.2) is 0 Å². The van der Waals surface area contributed by atoms with Crippen LogP contribution in [-0.4, -0.2) is 67.3 Å². The number of anilines is 1. The molecule has 0 aromatic heterocycles. The van der Waals surface area contributed by atoms with E-state index >= 15 is 0 Å². The first-order valence-corrected chi connectivity index (χ1v) is 10.3. The fraction of sp³-hybridized carbons (Fsp3) is 0.348. The number of amides is 3. The minimum absolute atomic E-state index is 0.0131. The normalized spacial score (nSPS) is 15.8. The molecule has 31 heavy (non-hydrogen) atoms. The van der Waals surface area contributed by atoms with Crippen LogP contribution in [0.25, 0.3) is 0 Å². The Morgan fingerprint density at radius 1 is 0.935 bits per heavy atom. The molecule has 4 N–H and O–H groups in total. The number of carbonyl (C=O) groups is 3. The Morgan fingerprint density at radius 3 is 2.13 bits per heavy atom. The third-order valence-corrected chi connectivity index (χ3v) is 5.53. The predicted molar refractivity (Wildman–Crippen MR) is 120 cm³/mol. The van der Waals surface area contributed by atoms with Crippen LogP contribution >= 0.6 is 0 Å². The number of hydrogen-bond donors (Lipinski definition) is 3. The van der Waals surface area contributed by atoms with E-state index in [2.05, 4.69) is 51.7 Å². The number of nitrogens with zero attached hydrogens (tertiary/aromatic N) is 2. The highest BCUT2D eigenvalue weighted by atomic mass is 16.2. The van der Waals surface area contributed by atoms with Crippen molar-refractivity contribution in [2.24, 2.45) is 5.73 Å². The number of primary amides is 1. The third-order valence-electron chi connectivity index (χ3n) is 5.53. The van der Waals surface area contributed by atoms with Crippen LogP contribution in [0.2, 0.25) is 0 Å². The average Bonchev–Trinajstić information content (AvgIpc) is 2.76. The molecule has 0 aliphatic carbocycles. The SMILES string of the molecule is Cc1ccc(C(CNC(=O)C(=O)Nc2ccc(C(N)=O)cc2)N2CCN(C)CC2)cc1. The van der Waals surface area contributed by atoms with E-state index in [1.165, 1.54) is 29.8 Å². The lowest BCUT2D eigenvalue weighted by atomic mass is 10.0. The second kappa shape index (κ2) is 10.2. The summed E-state index contributed by atoms with van der Waals surface area (Å²) in [4.78, 5) is 40.5. The Labute approximate surface area is 182 Å². The molecular weight excluding hydrogens is 394 g/mol. The first-order valence-electron chi connectivity index (χ1n) is 10.3. The van der Waals surface area contributed by atoms with Crippen LogP contribution < -0.4 is 16.4 Å². The molecule has 1 fully saturated rings. The molecule has 1 atom stereocenters. The van der Waals surface area contributed by atoms with Crippen molar-refractivity contribution in [3.05, 3.63) is 65.2 Å². The fourth-order valence-electron chi connectivity index (χ4n) is 3.56. The number of rotatable bonds is 6. The van der Waals surface area contributed by atoms with E-state index in [1.807, 2.05) is 6.92 Å². The van der Waals surface area contributed by atoms with Crippen molar-refractivity contribution in [1.29, 1.82) is 0 Å². The maximum absolute atomic E-state index is 12.4. The zero-order chi connectivity index (χ0) is 22.4. The van der Waals surface area contributed by atoms with Gasteiger partial charge in [-0.1, -0.05) is 29.8 Å². The topological polar surface area (TPSA) is 108 Å². The summed E-state index contributed by atoms with van der Waals surface area (Å²) >= 11 is 0. The molecular formula is C23H29N5O3. The van der Waals surface area contributed by atoms with Crippen LogP contribution in [0.5, 0.6) is 0 Å². The van der Waals surface area contributed by atoms with E-state index in [-0.39, 0.29) is 6.04 Å². The number of aryl methyl sites for hydroxylation is 1. The van der Waals surface area contributed by atoms with Gasteiger partial charge in [0.1, 0.15) is 0 Å². The Hall–Kier alpha value is -3.23. The summed E-state index contributed by atoms with van der Waals surface area (Å²) in [6.45, 7) is 6.07. The highest BCUT2D eigenvalue weighted by molar-refractivity contribution is 6.39. The van der Waals surface area contributed by atoms with E-state index < -0.39 is 17.7 Å². The molecule has 1 heterocycles. The van der Waals surface area contributed by atoms with E-state index in [4.69, 9.17) is 5.73 Å². The lowest BCUT2D eigenvalue weighted by molar-refractivity contribution is -0.136. The van der Waals surface area contributed by atoms with Crippen LogP contribution in [0.1, 0.15) is 27.5 Å². The maximum Gasteiger partial charge on any atom is 0.313 e. The molecule has 164 valence electrons. The zero-order valence-electron chi connectivity index (χ0n) is 17.9. The predicted octanol–water partition coefficient (Wildman–Crippen LogP) is 1.14. The van der Waals surface area contributed by atoms with Crippen molar-refractivity contribution in [3.63, 3.8) is 0 Å². The van der Waals surface area contributed by atoms with Gasteiger partial charge in [0.25, 0.3) is 0 Å². The molecule has 3 amide bonds. The van der Waals surface area contributed by atoms with Crippen LogP contribution in [0.15, 0.2) is 48.5 Å². The summed E-state index contributed by atoms with van der Waals surface area (Å²) in [5, 5.41) is 5.31. The van der Waals surface area contributed by atoms with Gasteiger partial charge in [-0.3, -0.25) is 19.3 Å². The highest BCUT2D eigenvalue weighted by Crippen LogP contribution is 2.22. The number of piperazine rings is 1. The second-order valence-corrected chi connectivity index (χ2v) is 7.87. The minimum Gasteiger partial charge on any atom is -0.366 e. The van der Waals surface area contributed by atoms with E-state index in [1.54, 1.807) is 0 Å². The third kappa shape index (κ3) is 6.13. The monoisotopic (exact) mass is 423 g/mol. The van der Waals surface area contributed by atoms with Gasteiger partial charge < -0.3 is 21.3 Å². The Bertz CT molecular complexity index is 919. The van der Waals surface area contributed by atoms with Gasteiger partial charge in [-0.25, -0.2) is 0 Å². The van der Waals surface area contributed by atoms with Crippen molar-refractivity contribution >= 4 is 23.4 Å². The van der Waals surface area contributed by atoms with Gasteiger partial charge >= 0.3 is 11.8 Å². The summed E-state index contributed by atoms with van der Waals surface area (Å²) in [6.07, 6.45) is 0. The molecule has 1 saturated heterocycles. The fourth-order valence-corrected chi connectivity index (χ4v) is 3.56. The van der Waals surface area contributed by atoms with Gasteiger partial charge in [-0.05, 0) is 43.8 Å². The van der Waals surface area contributed by atoms with Gasteiger partial charge in [-0.15, -0.1) is 0 Å². The standard InChI is InChI=1S/C23H29N5O3/c1-16-3-5-17(6-4-16)20(28-13-11-27(2)12-14-28)15-25-22(30)23(31)26-19-9-7-18(8-10-19)21(24)29/h3-10,20H,11-15H2,1-2H3,(H2,24,29)(H,25,30)(H,26,31). The van der Waals surface area contributed by atoms with Gasteiger partial charge in [0.05, 0.1) is 6.04 Å². The van der Waals surface area contributed by atoms with Crippen LogP contribution in [0.4, 0.5) is 5.69 Å². The van der Waals surface area contributed by atoms with Gasteiger partial charge in [0, 0.05) is 44.0 Å². The first-order chi connectivity index (χ1) is 14.8. The van der Waals surface area contributed by atoms with Crippen molar-refractivity contribution in [3.8, 4) is 0 Å². The minimum atomic E-state index is -0.757. The summed E-state index contributed by atoms with van der Waals surface area (Å²) in [6, 6.07) is 14.3. The Morgan fingerprint density at radius 2 is 1.55 bits per heavy atom. The van der Waals surface area contributed by atoms with Gasteiger partial charge in [0.2, 0.25) is 5.91 Å². The molecule has 3 rings (SSSR count). The Balaban J connectivity index is 1.62. The lowest BCUT2D eigenvalue weighted by Gasteiger charge is -2.38. The molecule has 2 aromatic rings. The van der Waals surface area contributed by atoms with Crippen LogP contribution in [0, 0.1) is 6.92 Å². The molecule has 8 heteroatoms. The quantitative estimate of drug-likeness (QED) is 0.604. The summed E-state index contributed by atoms with van der Waals surface area (Å²) < 4.78 is 0. The summed E-state index contributed by atoms with van der Waals surface area (Å²) in [5.41, 5.74) is 8.24. The van der Waals surface area contributed by atoms with Crippen LogP contribution in [-0.2, 0) is 9.59 Å². The number of likely N-dealkylation sites (N-methyl/N-ethyl adjacent to an activating group) is 1. The zero-order valence-corrected chi connectivity index (χ0v) is 17.9. The number of hydrogen-bond acceptors (Lipinski definition) is 5. The first kappa shape index (κ1) is 22.5. The lowest BCUT2D eigenvalue weighted by Crippen LogP contribution is -2.49. The van der Waals surface area contributed by atoms with Crippen LogP contribution in [0.3, 0.4) is 0 Å². The second-order valence-electron chi connectivity index (χ2n) is 7.87. The number of nitrogens with two attached hydrogens (primary N) is 1. The number of carbonyl (C=O) groups excluding carboxylic acids is 3. The average molecular weight is 424 g/mol. The van der Waals surface area contributed by atoms with Crippen molar-refractivity contribution in [2.75, 3.05) is 45.1 Å².